The van der Waals surface area contributed by atoms with Crippen LogP contribution in [0.5, 0.6) is 0 Å². The lowest BCUT2D eigenvalue weighted by molar-refractivity contribution is 0.0740. The molecule has 0 fully saturated rings. The van der Waals surface area contributed by atoms with Gasteiger partial charge in [-0.1, -0.05) is 12.1 Å². The molecule has 124 valence electrons. The summed E-state index contributed by atoms with van der Waals surface area (Å²) in [6.07, 6.45) is 3.04. The van der Waals surface area contributed by atoms with Gasteiger partial charge < -0.3 is 9.32 Å². The minimum absolute atomic E-state index is 0.0309. The van der Waals surface area contributed by atoms with E-state index in [-0.39, 0.29) is 11.9 Å². The molecule has 2 aromatic heterocycles. The maximum absolute atomic E-state index is 12.7. The van der Waals surface area contributed by atoms with Crippen LogP contribution < -0.4 is 0 Å². The zero-order valence-corrected chi connectivity index (χ0v) is 14.9. The van der Waals surface area contributed by atoms with Crippen LogP contribution in [0.3, 0.4) is 0 Å². The summed E-state index contributed by atoms with van der Waals surface area (Å²) in [7, 11) is 1.81. The highest BCUT2D eigenvalue weighted by Gasteiger charge is 2.22. The van der Waals surface area contributed by atoms with Crippen molar-refractivity contribution in [2.45, 2.75) is 26.8 Å². The van der Waals surface area contributed by atoms with Gasteiger partial charge in [0.2, 0.25) is 0 Å². The molecule has 0 saturated heterocycles. The molecule has 5 nitrogen and oxygen atoms in total. The predicted molar refractivity (Wildman–Crippen MR) is 94.0 cm³/mol. The third-order valence-electron chi connectivity index (χ3n) is 4.09. The second-order valence-corrected chi connectivity index (χ2v) is 7.12. The zero-order chi connectivity index (χ0) is 17.3. The number of carbonyl (C=O) groups is 1. The summed E-state index contributed by atoms with van der Waals surface area (Å²) < 4.78 is 5.27. The van der Waals surface area contributed by atoms with Gasteiger partial charge in [-0.25, -0.2) is 9.97 Å². The van der Waals surface area contributed by atoms with Crippen LogP contribution >= 0.6 is 11.3 Å². The van der Waals surface area contributed by atoms with Gasteiger partial charge in [0.25, 0.3) is 5.91 Å². The van der Waals surface area contributed by atoms with Crippen LogP contribution in [0.15, 0.2) is 41.3 Å². The first kappa shape index (κ1) is 16.4. The van der Waals surface area contributed by atoms with Gasteiger partial charge in [-0.3, -0.25) is 4.79 Å². The van der Waals surface area contributed by atoms with Gasteiger partial charge in [-0.2, -0.15) is 0 Å². The van der Waals surface area contributed by atoms with E-state index >= 15 is 0 Å². The lowest BCUT2D eigenvalue weighted by Gasteiger charge is -2.24. The highest BCUT2D eigenvalue weighted by Crippen LogP contribution is 2.27. The molecule has 0 bridgehead atoms. The first-order valence-electron chi connectivity index (χ1n) is 7.67. The molecule has 0 aliphatic heterocycles. The number of aromatic nitrogens is 2. The Hall–Kier alpha value is -2.47. The number of oxazole rings is 1. The Morgan fingerprint density at radius 3 is 2.50 bits per heavy atom. The summed E-state index contributed by atoms with van der Waals surface area (Å²) in [6, 6.07) is 7.27. The van der Waals surface area contributed by atoms with E-state index in [2.05, 4.69) is 9.97 Å². The average molecular weight is 341 g/mol. The molecule has 6 heteroatoms. The van der Waals surface area contributed by atoms with Crippen molar-refractivity contribution in [1.82, 2.24) is 14.9 Å². The molecule has 1 unspecified atom stereocenters. The van der Waals surface area contributed by atoms with Gasteiger partial charge in [-0.15, -0.1) is 11.3 Å². The van der Waals surface area contributed by atoms with Crippen molar-refractivity contribution in [3.8, 4) is 11.3 Å². The van der Waals surface area contributed by atoms with Crippen molar-refractivity contribution >= 4 is 17.2 Å². The van der Waals surface area contributed by atoms with Crippen LogP contribution in [0.25, 0.3) is 11.3 Å². The molecule has 0 aliphatic carbocycles. The van der Waals surface area contributed by atoms with Crippen LogP contribution in [0.4, 0.5) is 0 Å². The normalized spacial score (nSPS) is 12.2. The van der Waals surface area contributed by atoms with Gasteiger partial charge in [0, 0.05) is 23.1 Å². The Bertz CT molecular complexity index is 838. The zero-order valence-electron chi connectivity index (χ0n) is 14.1. The molecule has 3 rings (SSSR count). The molecule has 1 amide bonds. The molecule has 24 heavy (non-hydrogen) atoms. The number of thiazole rings is 1. The number of nitrogens with zero attached hydrogens (tertiary/aromatic N) is 3. The van der Waals surface area contributed by atoms with E-state index < -0.39 is 0 Å². The Morgan fingerprint density at radius 1 is 1.25 bits per heavy atom. The SMILES string of the molecule is Cc1nc(C(C)N(C)C(=O)c2ccc(-c3cnco3)cc2)c(C)s1. The Morgan fingerprint density at radius 2 is 1.96 bits per heavy atom. The fraction of sp³-hybridized carbons (Fsp3) is 0.278. The molecule has 2 heterocycles. The second kappa shape index (κ2) is 6.57. The van der Waals surface area contributed by atoms with E-state index in [1.807, 2.05) is 52.1 Å². The molecule has 3 aromatic rings. The van der Waals surface area contributed by atoms with E-state index in [1.165, 1.54) is 6.39 Å². The standard InChI is InChI=1S/C18H19N3O2S/c1-11(17-12(2)24-13(3)20-17)21(4)18(22)15-7-5-14(6-8-15)16-9-19-10-23-16/h5-11H,1-4H3. The highest BCUT2D eigenvalue weighted by molar-refractivity contribution is 7.11. The quantitative estimate of drug-likeness (QED) is 0.712. The summed E-state index contributed by atoms with van der Waals surface area (Å²) >= 11 is 1.66. The van der Waals surface area contributed by atoms with Crippen molar-refractivity contribution in [2.24, 2.45) is 0 Å². The maximum Gasteiger partial charge on any atom is 0.254 e. The number of benzene rings is 1. The number of rotatable bonds is 4. The smallest absolute Gasteiger partial charge is 0.254 e. The minimum Gasteiger partial charge on any atom is -0.444 e. The summed E-state index contributed by atoms with van der Waals surface area (Å²) in [6.45, 7) is 6.03. The van der Waals surface area contributed by atoms with Gasteiger partial charge in [0.05, 0.1) is 22.9 Å². The number of hydrogen-bond acceptors (Lipinski definition) is 5. The van der Waals surface area contributed by atoms with Gasteiger partial charge in [0.1, 0.15) is 0 Å². The van der Waals surface area contributed by atoms with E-state index in [1.54, 1.807) is 22.4 Å². The van der Waals surface area contributed by atoms with Crippen molar-refractivity contribution in [3.63, 3.8) is 0 Å². The number of aryl methyl sites for hydroxylation is 2. The molecule has 1 aromatic carbocycles. The summed E-state index contributed by atoms with van der Waals surface area (Å²) in [5.41, 5.74) is 2.49. The molecule has 0 N–H and O–H groups in total. The lowest BCUT2D eigenvalue weighted by Crippen LogP contribution is -2.30. The number of carbonyl (C=O) groups excluding carboxylic acids is 1. The van der Waals surface area contributed by atoms with E-state index in [0.29, 0.717) is 11.3 Å². The lowest BCUT2D eigenvalue weighted by atomic mass is 10.1. The van der Waals surface area contributed by atoms with Gasteiger partial charge in [-0.05, 0) is 32.9 Å². The Balaban J connectivity index is 1.79. The molecular weight excluding hydrogens is 322 g/mol. The Labute approximate surface area is 145 Å². The van der Waals surface area contributed by atoms with E-state index in [9.17, 15) is 4.79 Å². The monoisotopic (exact) mass is 341 g/mol. The predicted octanol–water partition coefficient (Wildman–Crippen LogP) is 4.25. The van der Waals surface area contributed by atoms with Crippen LogP contribution in [0, 0.1) is 13.8 Å². The Kier molecular flexibility index (Phi) is 4.49. The second-order valence-electron chi connectivity index (χ2n) is 5.71. The topological polar surface area (TPSA) is 59.2 Å². The summed E-state index contributed by atoms with van der Waals surface area (Å²) in [4.78, 5) is 24.1. The first-order chi connectivity index (χ1) is 11.5. The third-order valence-corrected chi connectivity index (χ3v) is 4.99. The first-order valence-corrected chi connectivity index (χ1v) is 8.49. The molecular formula is C18H19N3O2S. The van der Waals surface area contributed by atoms with Crippen LogP contribution in [0.1, 0.15) is 38.9 Å². The molecule has 0 radical (unpaired) electrons. The molecule has 0 aliphatic rings. The van der Waals surface area contributed by atoms with Crippen molar-refractivity contribution in [1.29, 1.82) is 0 Å². The van der Waals surface area contributed by atoms with Gasteiger partial charge in [0.15, 0.2) is 12.2 Å². The van der Waals surface area contributed by atoms with Crippen LogP contribution in [-0.4, -0.2) is 27.8 Å². The van der Waals surface area contributed by atoms with Crippen molar-refractivity contribution in [3.05, 3.63) is 58.0 Å². The fourth-order valence-electron chi connectivity index (χ4n) is 2.63. The third kappa shape index (κ3) is 3.10. The van der Waals surface area contributed by atoms with Crippen molar-refractivity contribution in [2.75, 3.05) is 7.05 Å². The summed E-state index contributed by atoms with van der Waals surface area (Å²) in [5.74, 6) is 0.654. The molecule has 0 spiro atoms. The molecule has 0 saturated carbocycles. The van der Waals surface area contributed by atoms with Crippen LogP contribution in [-0.2, 0) is 0 Å². The fourth-order valence-corrected chi connectivity index (χ4v) is 3.54. The van der Waals surface area contributed by atoms with E-state index in [0.717, 1.165) is 21.1 Å². The van der Waals surface area contributed by atoms with Gasteiger partial charge >= 0.3 is 0 Å². The number of amides is 1. The van der Waals surface area contributed by atoms with Crippen LogP contribution in [0.2, 0.25) is 0 Å². The van der Waals surface area contributed by atoms with Crippen molar-refractivity contribution < 1.29 is 9.21 Å². The summed E-state index contributed by atoms with van der Waals surface area (Å²) in [5, 5.41) is 1.02. The minimum atomic E-state index is -0.0728. The maximum atomic E-state index is 12.7. The van der Waals surface area contributed by atoms with E-state index in [4.69, 9.17) is 4.42 Å². The number of hydrogen-bond donors (Lipinski definition) is 0. The largest absolute Gasteiger partial charge is 0.444 e. The molecule has 1 atom stereocenters. The highest BCUT2D eigenvalue weighted by atomic mass is 32.1. The average Bonchev–Trinajstić information content (AvgIpc) is 3.22.